The molecule has 0 heterocycles. The van der Waals surface area contributed by atoms with E-state index in [2.05, 4.69) is 39.0 Å². The summed E-state index contributed by atoms with van der Waals surface area (Å²) in [7, 11) is 2.27. The highest BCUT2D eigenvalue weighted by Gasteiger charge is 2.41. The molecule has 1 unspecified atom stereocenters. The first-order valence-corrected chi connectivity index (χ1v) is 8.18. The Morgan fingerprint density at radius 1 is 1.24 bits per heavy atom. The molecule has 0 bridgehead atoms. The number of nitrogens with two attached hydrogens (primary N) is 1. The van der Waals surface area contributed by atoms with Crippen molar-refractivity contribution in [2.24, 2.45) is 11.1 Å². The van der Waals surface area contributed by atoms with Crippen molar-refractivity contribution in [1.29, 1.82) is 0 Å². The number of hydrogen-bond acceptors (Lipinski definition) is 3. The van der Waals surface area contributed by atoms with Crippen LogP contribution in [0.25, 0.3) is 0 Å². The Balaban J connectivity index is 2.69. The fourth-order valence-corrected chi connectivity index (χ4v) is 3.62. The Hall–Kier alpha value is 0.270. The molecule has 0 aliphatic heterocycles. The molecule has 0 radical (unpaired) electrons. The average Bonchev–Trinajstić information content (AvgIpc) is 2.29. The Morgan fingerprint density at radius 3 is 2.18 bits per heavy atom. The molecule has 0 aromatic rings. The van der Waals surface area contributed by atoms with Crippen molar-refractivity contribution in [3.8, 4) is 0 Å². The summed E-state index contributed by atoms with van der Waals surface area (Å²) in [5, 5.41) is 0. The van der Waals surface area contributed by atoms with Crippen LogP contribution in [-0.4, -0.2) is 42.1 Å². The van der Waals surface area contributed by atoms with Gasteiger partial charge in [-0.25, -0.2) is 0 Å². The van der Waals surface area contributed by atoms with Gasteiger partial charge in [0.25, 0.3) is 0 Å². The molecule has 1 atom stereocenters. The molecule has 102 valence electrons. The lowest BCUT2D eigenvalue weighted by Gasteiger charge is -2.50. The van der Waals surface area contributed by atoms with E-state index < -0.39 is 0 Å². The largest absolute Gasteiger partial charge is 0.329 e. The Morgan fingerprint density at radius 2 is 1.76 bits per heavy atom. The third kappa shape index (κ3) is 3.62. The molecule has 2 N–H and O–H groups in total. The molecule has 0 aromatic carbocycles. The predicted octanol–water partition coefficient (Wildman–Crippen LogP) is 2.97. The lowest BCUT2D eigenvalue weighted by Crippen LogP contribution is -2.58. The number of nitrogens with zero attached hydrogens (tertiary/aromatic N) is 1. The standard InChI is InChI=1S/C14H30N2S/c1-12(10-17-5)16(4)14(11-15)8-6-13(2,3)7-9-14/h12H,6-11,15H2,1-5H3. The second kappa shape index (κ2) is 5.94. The summed E-state index contributed by atoms with van der Waals surface area (Å²) in [5.41, 5.74) is 6.88. The zero-order valence-electron chi connectivity index (χ0n) is 12.3. The van der Waals surface area contributed by atoms with E-state index in [-0.39, 0.29) is 5.54 Å². The summed E-state index contributed by atoms with van der Waals surface area (Å²) in [5.74, 6) is 1.20. The number of likely N-dealkylation sites (N-methyl/N-ethyl adjacent to an activating group) is 1. The van der Waals surface area contributed by atoms with Crippen LogP contribution in [-0.2, 0) is 0 Å². The minimum absolute atomic E-state index is 0.255. The molecule has 2 nitrogen and oxygen atoms in total. The Labute approximate surface area is 112 Å². The minimum atomic E-state index is 0.255. The molecule has 17 heavy (non-hydrogen) atoms. The summed E-state index contributed by atoms with van der Waals surface area (Å²) < 4.78 is 0. The zero-order chi connectivity index (χ0) is 13.1. The van der Waals surface area contributed by atoms with Gasteiger partial charge in [0.05, 0.1) is 0 Å². The third-order valence-corrected chi connectivity index (χ3v) is 5.55. The summed E-state index contributed by atoms with van der Waals surface area (Å²) in [6.07, 6.45) is 7.31. The topological polar surface area (TPSA) is 29.3 Å². The molecule has 1 fully saturated rings. The smallest absolute Gasteiger partial charge is 0.0332 e. The quantitative estimate of drug-likeness (QED) is 0.822. The van der Waals surface area contributed by atoms with Crippen LogP contribution >= 0.6 is 11.8 Å². The predicted molar refractivity (Wildman–Crippen MR) is 79.6 cm³/mol. The van der Waals surface area contributed by atoms with Crippen LogP contribution in [0, 0.1) is 5.41 Å². The van der Waals surface area contributed by atoms with Crippen LogP contribution in [0.2, 0.25) is 0 Å². The molecule has 1 aliphatic rings. The van der Waals surface area contributed by atoms with Crippen molar-refractivity contribution in [2.75, 3.05) is 25.6 Å². The van der Waals surface area contributed by atoms with Gasteiger partial charge in [0, 0.05) is 23.9 Å². The van der Waals surface area contributed by atoms with Crippen molar-refractivity contribution in [1.82, 2.24) is 4.90 Å². The third-order valence-electron chi connectivity index (χ3n) is 4.73. The van der Waals surface area contributed by atoms with Crippen LogP contribution in [0.1, 0.15) is 46.5 Å². The molecule has 0 amide bonds. The first-order valence-electron chi connectivity index (χ1n) is 6.79. The summed E-state index contributed by atoms with van der Waals surface area (Å²) in [6.45, 7) is 7.91. The fraction of sp³-hybridized carbons (Fsp3) is 1.00. The maximum Gasteiger partial charge on any atom is 0.0332 e. The van der Waals surface area contributed by atoms with E-state index in [0.717, 1.165) is 6.54 Å². The SMILES string of the molecule is CSCC(C)N(C)C1(CN)CCC(C)(C)CC1. The van der Waals surface area contributed by atoms with E-state index in [1.54, 1.807) is 0 Å². The molecular formula is C14H30N2S. The average molecular weight is 258 g/mol. The van der Waals surface area contributed by atoms with Gasteiger partial charge in [0.15, 0.2) is 0 Å². The van der Waals surface area contributed by atoms with Gasteiger partial charge in [-0.15, -0.1) is 0 Å². The van der Waals surface area contributed by atoms with Gasteiger partial charge in [-0.3, -0.25) is 4.90 Å². The van der Waals surface area contributed by atoms with Crippen molar-refractivity contribution in [3.05, 3.63) is 0 Å². The summed E-state index contributed by atoms with van der Waals surface area (Å²) >= 11 is 1.93. The van der Waals surface area contributed by atoms with Crippen molar-refractivity contribution < 1.29 is 0 Å². The molecule has 0 aromatic heterocycles. The van der Waals surface area contributed by atoms with Crippen molar-refractivity contribution >= 4 is 11.8 Å². The zero-order valence-corrected chi connectivity index (χ0v) is 13.1. The maximum absolute atomic E-state index is 6.11. The second-order valence-electron chi connectivity index (χ2n) is 6.51. The van der Waals surface area contributed by atoms with Gasteiger partial charge in [0.2, 0.25) is 0 Å². The minimum Gasteiger partial charge on any atom is -0.329 e. The van der Waals surface area contributed by atoms with E-state index in [0.29, 0.717) is 11.5 Å². The number of thioether (sulfide) groups is 1. The molecule has 1 saturated carbocycles. The lowest BCUT2D eigenvalue weighted by atomic mass is 9.68. The van der Waals surface area contributed by atoms with Crippen molar-refractivity contribution in [2.45, 2.75) is 58.0 Å². The van der Waals surface area contributed by atoms with E-state index in [1.807, 2.05) is 11.8 Å². The van der Waals surface area contributed by atoms with Gasteiger partial charge < -0.3 is 5.73 Å². The number of rotatable bonds is 5. The molecule has 1 rings (SSSR count). The maximum atomic E-state index is 6.11. The van der Waals surface area contributed by atoms with E-state index in [9.17, 15) is 0 Å². The van der Waals surface area contributed by atoms with Crippen LogP contribution in [0.4, 0.5) is 0 Å². The van der Waals surface area contributed by atoms with Gasteiger partial charge in [-0.05, 0) is 51.3 Å². The van der Waals surface area contributed by atoms with Crippen molar-refractivity contribution in [3.63, 3.8) is 0 Å². The molecule has 0 spiro atoms. The monoisotopic (exact) mass is 258 g/mol. The van der Waals surface area contributed by atoms with E-state index in [4.69, 9.17) is 5.73 Å². The van der Waals surface area contributed by atoms with Gasteiger partial charge in [-0.1, -0.05) is 13.8 Å². The summed E-state index contributed by atoms with van der Waals surface area (Å²) in [6, 6.07) is 0.620. The van der Waals surface area contributed by atoms with Gasteiger partial charge in [0.1, 0.15) is 0 Å². The highest BCUT2D eigenvalue weighted by Crippen LogP contribution is 2.42. The van der Waals surface area contributed by atoms with Crippen LogP contribution in [0.3, 0.4) is 0 Å². The molecule has 0 saturated heterocycles. The Kier molecular flexibility index (Phi) is 5.36. The van der Waals surface area contributed by atoms with E-state index in [1.165, 1.54) is 31.4 Å². The molecule has 1 aliphatic carbocycles. The second-order valence-corrected chi connectivity index (χ2v) is 7.42. The lowest BCUT2D eigenvalue weighted by molar-refractivity contribution is 0.0232. The van der Waals surface area contributed by atoms with Crippen LogP contribution in [0.5, 0.6) is 0 Å². The first kappa shape index (κ1) is 15.3. The van der Waals surface area contributed by atoms with Crippen LogP contribution in [0.15, 0.2) is 0 Å². The highest BCUT2D eigenvalue weighted by molar-refractivity contribution is 7.98. The van der Waals surface area contributed by atoms with E-state index >= 15 is 0 Å². The fourth-order valence-electron chi connectivity index (χ4n) is 2.91. The van der Waals surface area contributed by atoms with Gasteiger partial charge >= 0.3 is 0 Å². The highest BCUT2D eigenvalue weighted by atomic mass is 32.2. The van der Waals surface area contributed by atoms with Gasteiger partial charge in [-0.2, -0.15) is 11.8 Å². The normalized spacial score (nSPS) is 24.9. The summed E-state index contributed by atoms with van der Waals surface area (Å²) in [4.78, 5) is 2.55. The molecule has 3 heteroatoms. The Bertz CT molecular complexity index is 230. The number of hydrogen-bond donors (Lipinski definition) is 1. The van der Waals surface area contributed by atoms with Crippen LogP contribution < -0.4 is 5.73 Å². The first-order chi connectivity index (χ1) is 7.87. The molecular weight excluding hydrogens is 228 g/mol.